The van der Waals surface area contributed by atoms with Gasteiger partial charge in [-0.1, -0.05) is 32.5 Å². The number of anilines is 1. The number of aromatic nitrogens is 3. The number of nitrogens with zero attached hydrogens (tertiary/aromatic N) is 5. The molecule has 0 bridgehead atoms. The maximum atomic E-state index is 6.22. The van der Waals surface area contributed by atoms with Gasteiger partial charge in [-0.25, -0.2) is 15.0 Å². The summed E-state index contributed by atoms with van der Waals surface area (Å²) in [5.74, 6) is 1.45. The van der Waals surface area contributed by atoms with Crippen LogP contribution in [0.4, 0.5) is 5.82 Å². The summed E-state index contributed by atoms with van der Waals surface area (Å²) < 4.78 is 7.40. The summed E-state index contributed by atoms with van der Waals surface area (Å²) >= 11 is 3.40. The topological polar surface area (TPSA) is 54.4 Å². The summed E-state index contributed by atoms with van der Waals surface area (Å²) in [6.45, 7) is 17.0. The van der Waals surface area contributed by atoms with Crippen LogP contribution in [0.15, 0.2) is 5.16 Å². The summed E-state index contributed by atoms with van der Waals surface area (Å²) in [4.78, 5) is 21.3. The summed E-state index contributed by atoms with van der Waals surface area (Å²) in [6.07, 6.45) is 2.95. The molecule has 0 aliphatic carbocycles. The molecule has 172 valence electrons. The number of pyridine rings is 1. The quantitative estimate of drug-likeness (QED) is 0.388. The van der Waals surface area contributed by atoms with Crippen LogP contribution in [0.1, 0.15) is 57.4 Å². The second-order valence-corrected chi connectivity index (χ2v) is 11.5. The maximum Gasteiger partial charge on any atom is 0.189 e. The Balaban J connectivity index is 1.75. The number of rotatable bonds is 4. The molecule has 0 saturated carbocycles. The van der Waals surface area contributed by atoms with Gasteiger partial charge in [0, 0.05) is 43.5 Å². The molecule has 0 atom stereocenters. The number of hydrogen-bond donors (Lipinski definition) is 0. The number of thioether (sulfide) groups is 1. The van der Waals surface area contributed by atoms with Gasteiger partial charge in [-0.05, 0) is 38.1 Å². The predicted octanol–water partition coefficient (Wildman–Crippen LogP) is 5.08. The summed E-state index contributed by atoms with van der Waals surface area (Å²) in [5.41, 5.74) is 4.72. The maximum absolute atomic E-state index is 6.22. The smallest absolute Gasteiger partial charge is 0.189 e. The van der Waals surface area contributed by atoms with Gasteiger partial charge in [-0.3, -0.25) is 0 Å². The van der Waals surface area contributed by atoms with E-state index in [-0.39, 0.29) is 5.60 Å². The van der Waals surface area contributed by atoms with Crippen LogP contribution in [0.3, 0.4) is 0 Å². The molecule has 0 unspecified atom stereocenters. The Hall–Kier alpha value is -1.48. The molecule has 3 aromatic rings. The fraction of sp³-hybridized carbons (Fsp3) is 0.625. The average Bonchev–Trinajstić information content (AvgIpc) is 3.15. The minimum atomic E-state index is -0.182. The van der Waals surface area contributed by atoms with E-state index in [0.29, 0.717) is 12.5 Å². The molecule has 3 aromatic heterocycles. The van der Waals surface area contributed by atoms with E-state index in [2.05, 4.69) is 50.7 Å². The third-order valence-electron chi connectivity index (χ3n) is 6.73. The molecule has 1 fully saturated rings. The number of hydrogen-bond acceptors (Lipinski definition) is 8. The van der Waals surface area contributed by atoms with Crippen molar-refractivity contribution in [2.45, 2.75) is 64.3 Å². The van der Waals surface area contributed by atoms with E-state index in [0.717, 1.165) is 60.5 Å². The lowest BCUT2D eigenvalue weighted by Gasteiger charge is -2.35. The van der Waals surface area contributed by atoms with Gasteiger partial charge < -0.3 is 14.5 Å². The lowest BCUT2D eigenvalue weighted by Crippen LogP contribution is -2.46. The normalized spacial score (nSPS) is 19.3. The number of fused-ring (bicyclic) bond motifs is 5. The standard InChI is InChI=1S/C24H33N5OS2/c1-7-28-8-10-29(11-9-28)21-20-19(26-23(27-21)31-6)17-15-12-24(4,5)30-13-16(15)18(14(2)3)25-22(17)32-20/h14H,7-13H2,1-6H3. The van der Waals surface area contributed by atoms with Crippen molar-refractivity contribution in [2.24, 2.45) is 0 Å². The SMILES string of the molecule is CCN1CCN(c2nc(SC)nc3c2sc2nc(C(C)C)c4c(c23)CC(C)(C)OC4)CC1. The van der Waals surface area contributed by atoms with Crippen molar-refractivity contribution >= 4 is 49.3 Å². The molecular formula is C24H33N5OS2. The molecular weight excluding hydrogens is 438 g/mol. The Morgan fingerprint density at radius 3 is 2.50 bits per heavy atom. The molecule has 1 saturated heterocycles. The van der Waals surface area contributed by atoms with Gasteiger partial charge in [0.15, 0.2) is 11.0 Å². The van der Waals surface area contributed by atoms with Crippen LogP contribution in [-0.4, -0.2) is 64.4 Å². The first-order valence-corrected chi connectivity index (χ1v) is 13.7. The highest BCUT2D eigenvalue weighted by molar-refractivity contribution is 7.98. The first-order valence-electron chi connectivity index (χ1n) is 11.6. The molecule has 6 nitrogen and oxygen atoms in total. The minimum Gasteiger partial charge on any atom is -0.370 e. The lowest BCUT2D eigenvalue weighted by molar-refractivity contribution is -0.0402. The van der Waals surface area contributed by atoms with Crippen molar-refractivity contribution in [3.05, 3.63) is 16.8 Å². The van der Waals surface area contributed by atoms with Crippen molar-refractivity contribution in [3.63, 3.8) is 0 Å². The van der Waals surface area contributed by atoms with E-state index in [1.54, 1.807) is 23.1 Å². The molecule has 2 aliphatic rings. The molecule has 0 amide bonds. The van der Waals surface area contributed by atoms with E-state index in [1.165, 1.54) is 26.9 Å². The third-order valence-corrected chi connectivity index (χ3v) is 8.35. The Bertz CT molecular complexity index is 1160. The Morgan fingerprint density at radius 2 is 1.84 bits per heavy atom. The number of piperazine rings is 1. The molecule has 5 rings (SSSR count). The first kappa shape index (κ1) is 22.3. The molecule has 32 heavy (non-hydrogen) atoms. The monoisotopic (exact) mass is 471 g/mol. The lowest BCUT2D eigenvalue weighted by atomic mass is 9.87. The van der Waals surface area contributed by atoms with Gasteiger partial charge in [0.1, 0.15) is 4.83 Å². The minimum absolute atomic E-state index is 0.182. The molecule has 5 heterocycles. The van der Waals surface area contributed by atoms with E-state index in [4.69, 9.17) is 19.7 Å². The molecule has 0 N–H and O–H groups in total. The molecule has 8 heteroatoms. The van der Waals surface area contributed by atoms with Crippen LogP contribution < -0.4 is 4.90 Å². The second-order valence-electron chi connectivity index (χ2n) is 9.75. The van der Waals surface area contributed by atoms with Crippen molar-refractivity contribution in [2.75, 3.05) is 43.9 Å². The van der Waals surface area contributed by atoms with Crippen LogP contribution >= 0.6 is 23.1 Å². The van der Waals surface area contributed by atoms with Gasteiger partial charge in [0.2, 0.25) is 0 Å². The van der Waals surface area contributed by atoms with Gasteiger partial charge in [-0.15, -0.1) is 11.3 Å². The summed E-state index contributed by atoms with van der Waals surface area (Å²) in [7, 11) is 0. The largest absolute Gasteiger partial charge is 0.370 e. The van der Waals surface area contributed by atoms with E-state index in [9.17, 15) is 0 Å². The molecule has 0 radical (unpaired) electrons. The molecule has 2 aliphatic heterocycles. The van der Waals surface area contributed by atoms with E-state index in [1.807, 2.05) is 0 Å². The Morgan fingerprint density at radius 1 is 1.09 bits per heavy atom. The van der Waals surface area contributed by atoms with Gasteiger partial charge in [0.05, 0.1) is 28.1 Å². The summed E-state index contributed by atoms with van der Waals surface area (Å²) in [5, 5.41) is 2.07. The van der Waals surface area contributed by atoms with Crippen LogP contribution in [0.25, 0.3) is 20.4 Å². The van der Waals surface area contributed by atoms with Gasteiger partial charge >= 0.3 is 0 Å². The Labute approximate surface area is 198 Å². The highest BCUT2D eigenvalue weighted by atomic mass is 32.2. The van der Waals surface area contributed by atoms with Crippen molar-refractivity contribution < 1.29 is 4.74 Å². The van der Waals surface area contributed by atoms with Crippen LogP contribution in [0.5, 0.6) is 0 Å². The van der Waals surface area contributed by atoms with Crippen molar-refractivity contribution in [1.29, 1.82) is 0 Å². The fourth-order valence-corrected chi connectivity index (χ4v) is 6.45. The van der Waals surface area contributed by atoms with Gasteiger partial charge in [0.25, 0.3) is 0 Å². The number of ether oxygens (including phenoxy) is 1. The highest BCUT2D eigenvalue weighted by Gasteiger charge is 2.33. The zero-order chi connectivity index (χ0) is 22.6. The zero-order valence-electron chi connectivity index (χ0n) is 20.0. The van der Waals surface area contributed by atoms with Crippen LogP contribution in [0.2, 0.25) is 0 Å². The van der Waals surface area contributed by atoms with Crippen LogP contribution in [-0.2, 0) is 17.8 Å². The first-order chi connectivity index (χ1) is 15.3. The average molecular weight is 472 g/mol. The fourth-order valence-electron chi connectivity index (χ4n) is 4.92. The molecule has 0 spiro atoms. The second kappa shape index (κ2) is 8.38. The molecule has 0 aromatic carbocycles. The highest BCUT2D eigenvalue weighted by Crippen LogP contribution is 2.44. The third kappa shape index (κ3) is 3.79. The number of likely N-dealkylation sites (N-methyl/N-ethyl adjacent to an activating group) is 1. The van der Waals surface area contributed by atoms with Crippen molar-refractivity contribution in [1.82, 2.24) is 19.9 Å². The van der Waals surface area contributed by atoms with E-state index >= 15 is 0 Å². The van der Waals surface area contributed by atoms with Gasteiger partial charge in [-0.2, -0.15) is 0 Å². The summed E-state index contributed by atoms with van der Waals surface area (Å²) in [6, 6.07) is 0. The Kier molecular flexibility index (Phi) is 5.85. The predicted molar refractivity (Wildman–Crippen MR) is 135 cm³/mol. The zero-order valence-corrected chi connectivity index (χ0v) is 21.6. The van der Waals surface area contributed by atoms with E-state index < -0.39 is 0 Å². The number of thiophene rings is 1. The van der Waals surface area contributed by atoms with Crippen LogP contribution in [0, 0.1) is 0 Å². The van der Waals surface area contributed by atoms with Crippen molar-refractivity contribution in [3.8, 4) is 0 Å².